The zero-order valence-electron chi connectivity index (χ0n) is 23.3. The summed E-state index contributed by atoms with van der Waals surface area (Å²) in [5.74, 6) is -3.78. The van der Waals surface area contributed by atoms with Crippen molar-refractivity contribution < 1.29 is 26.3 Å². The maximum atomic E-state index is 14.6. The van der Waals surface area contributed by atoms with E-state index in [0.29, 0.717) is 16.1 Å². The van der Waals surface area contributed by atoms with Gasteiger partial charge in [-0.3, -0.25) is 4.72 Å². The quantitative estimate of drug-likeness (QED) is 0.188. The van der Waals surface area contributed by atoms with Crippen molar-refractivity contribution in [3.8, 4) is 27.4 Å². The van der Waals surface area contributed by atoms with Gasteiger partial charge in [-0.2, -0.15) is 0 Å². The SMILES string of the molecule is CC(C)c1ccccc1-c1nc(NS(=O)(=O)c2cccc(N)c2F)sc1-c1cccc(OCC(F)(F)C(C)(C)C)c1. The third kappa shape index (κ3) is 6.51. The molecule has 0 atom stereocenters. The van der Waals surface area contributed by atoms with Crippen LogP contribution in [0.3, 0.4) is 0 Å². The Kier molecular flexibility index (Phi) is 8.42. The average molecular weight is 604 g/mol. The van der Waals surface area contributed by atoms with Crippen molar-refractivity contribution in [1.29, 1.82) is 0 Å². The molecular weight excluding hydrogens is 571 g/mol. The van der Waals surface area contributed by atoms with Crippen LogP contribution in [-0.2, 0) is 10.0 Å². The minimum atomic E-state index is -4.37. The van der Waals surface area contributed by atoms with Crippen LogP contribution in [0.1, 0.15) is 46.1 Å². The summed E-state index contributed by atoms with van der Waals surface area (Å²) >= 11 is 1.04. The van der Waals surface area contributed by atoms with Gasteiger partial charge in [-0.05, 0) is 41.3 Å². The first-order valence-corrected chi connectivity index (χ1v) is 15.2. The highest BCUT2D eigenvalue weighted by molar-refractivity contribution is 7.93. The molecule has 0 saturated carbocycles. The van der Waals surface area contributed by atoms with E-state index < -0.39 is 38.7 Å². The van der Waals surface area contributed by atoms with Gasteiger partial charge < -0.3 is 10.5 Å². The molecule has 218 valence electrons. The molecule has 0 unspecified atom stereocenters. The number of hydrogen-bond acceptors (Lipinski definition) is 6. The number of alkyl halides is 2. The maximum Gasteiger partial charge on any atom is 0.286 e. The van der Waals surface area contributed by atoms with Gasteiger partial charge in [-0.25, -0.2) is 26.6 Å². The van der Waals surface area contributed by atoms with E-state index >= 15 is 0 Å². The van der Waals surface area contributed by atoms with Crippen molar-refractivity contribution in [3.05, 3.63) is 78.1 Å². The number of sulfonamides is 1. The number of thiazole rings is 1. The van der Waals surface area contributed by atoms with Crippen LogP contribution >= 0.6 is 11.3 Å². The molecule has 0 spiro atoms. The molecule has 0 aliphatic rings. The molecular formula is C30H32F3N3O3S2. The highest BCUT2D eigenvalue weighted by atomic mass is 32.2. The number of aromatic nitrogens is 1. The summed E-state index contributed by atoms with van der Waals surface area (Å²) < 4.78 is 77.9. The number of benzene rings is 3. The van der Waals surface area contributed by atoms with E-state index in [1.807, 2.05) is 38.1 Å². The summed E-state index contributed by atoms with van der Waals surface area (Å²) in [6.07, 6.45) is 0. The van der Waals surface area contributed by atoms with E-state index in [-0.39, 0.29) is 22.5 Å². The van der Waals surface area contributed by atoms with Gasteiger partial charge >= 0.3 is 0 Å². The molecule has 0 radical (unpaired) electrons. The number of ether oxygens (including phenoxy) is 1. The molecule has 4 rings (SSSR count). The average Bonchev–Trinajstić information content (AvgIpc) is 3.31. The van der Waals surface area contributed by atoms with Crippen molar-refractivity contribution in [2.75, 3.05) is 17.1 Å². The number of anilines is 2. The van der Waals surface area contributed by atoms with E-state index in [1.54, 1.807) is 24.3 Å². The smallest absolute Gasteiger partial charge is 0.286 e. The van der Waals surface area contributed by atoms with Crippen molar-refractivity contribution >= 4 is 32.2 Å². The van der Waals surface area contributed by atoms with Gasteiger partial charge in [0, 0.05) is 11.0 Å². The Morgan fingerprint density at radius 2 is 1.71 bits per heavy atom. The maximum absolute atomic E-state index is 14.6. The van der Waals surface area contributed by atoms with E-state index in [0.717, 1.165) is 28.5 Å². The molecule has 0 aliphatic heterocycles. The first-order chi connectivity index (χ1) is 19.1. The Morgan fingerprint density at radius 1 is 1.02 bits per heavy atom. The van der Waals surface area contributed by atoms with Crippen molar-refractivity contribution in [2.24, 2.45) is 5.41 Å². The minimum Gasteiger partial charge on any atom is -0.487 e. The lowest BCUT2D eigenvalue weighted by Gasteiger charge is -2.30. The highest BCUT2D eigenvalue weighted by Gasteiger charge is 2.43. The molecule has 3 aromatic carbocycles. The lowest BCUT2D eigenvalue weighted by molar-refractivity contribution is -0.123. The molecule has 1 aromatic heterocycles. The van der Waals surface area contributed by atoms with Crippen molar-refractivity contribution in [3.63, 3.8) is 0 Å². The van der Waals surface area contributed by atoms with Crippen LogP contribution in [0.15, 0.2) is 71.6 Å². The third-order valence-electron chi connectivity index (χ3n) is 6.58. The molecule has 0 aliphatic carbocycles. The summed E-state index contributed by atoms with van der Waals surface area (Å²) in [7, 11) is -4.37. The summed E-state index contributed by atoms with van der Waals surface area (Å²) in [5, 5.41) is 0.000899. The molecule has 11 heteroatoms. The van der Waals surface area contributed by atoms with Gasteiger partial charge in [0.25, 0.3) is 15.9 Å². The summed E-state index contributed by atoms with van der Waals surface area (Å²) in [6, 6.07) is 18.0. The number of hydrogen-bond donors (Lipinski definition) is 2. The predicted molar refractivity (Wildman–Crippen MR) is 159 cm³/mol. The summed E-state index contributed by atoms with van der Waals surface area (Å²) in [6.45, 7) is 7.59. The molecule has 41 heavy (non-hydrogen) atoms. The van der Waals surface area contributed by atoms with Gasteiger partial charge in [0.05, 0.1) is 16.3 Å². The molecule has 4 aromatic rings. The first-order valence-electron chi connectivity index (χ1n) is 12.9. The van der Waals surface area contributed by atoms with Crippen LogP contribution in [0, 0.1) is 11.2 Å². The second kappa shape index (κ2) is 11.4. The number of nitrogen functional groups attached to an aromatic ring is 1. The topological polar surface area (TPSA) is 94.3 Å². The first kappa shape index (κ1) is 30.4. The van der Waals surface area contributed by atoms with E-state index in [1.165, 1.54) is 32.9 Å². The van der Waals surface area contributed by atoms with Gasteiger partial charge in [-0.15, -0.1) is 0 Å². The molecule has 1 heterocycles. The molecule has 0 bridgehead atoms. The van der Waals surface area contributed by atoms with E-state index in [2.05, 4.69) is 9.71 Å². The fourth-order valence-corrected chi connectivity index (χ4v) is 6.30. The lowest BCUT2D eigenvalue weighted by Crippen LogP contribution is -2.39. The Bertz CT molecular complexity index is 1660. The standard InChI is InChI=1S/C30H32F3N3O3S2/c1-18(2)21-12-6-7-13-22(21)26-27(19-10-8-11-20(16-19)39-17-30(32,33)29(3,4)5)40-28(35-26)36-41(37,38)24-15-9-14-23(34)25(24)31/h6-16,18H,17,34H2,1-5H3,(H,35,36). The Labute approximate surface area is 242 Å². The molecule has 6 nitrogen and oxygen atoms in total. The zero-order chi connectivity index (χ0) is 30.2. The van der Waals surface area contributed by atoms with E-state index in [4.69, 9.17) is 10.5 Å². The van der Waals surface area contributed by atoms with Crippen LogP contribution in [0.5, 0.6) is 5.75 Å². The molecule has 3 N–H and O–H groups in total. The number of nitrogens with one attached hydrogen (secondary N) is 1. The second-order valence-electron chi connectivity index (χ2n) is 11.0. The van der Waals surface area contributed by atoms with Crippen LogP contribution in [0.25, 0.3) is 21.7 Å². The number of nitrogens with zero attached hydrogens (tertiary/aromatic N) is 1. The number of nitrogens with two attached hydrogens (primary N) is 1. The number of halogens is 3. The Balaban J connectivity index is 1.79. The normalized spacial score (nSPS) is 12.5. The van der Waals surface area contributed by atoms with Crippen molar-refractivity contribution in [2.45, 2.75) is 51.4 Å². The van der Waals surface area contributed by atoms with Crippen molar-refractivity contribution in [1.82, 2.24) is 4.98 Å². The summed E-state index contributed by atoms with van der Waals surface area (Å²) in [5.41, 5.74) is 6.84. The van der Waals surface area contributed by atoms with Gasteiger partial charge in [0.1, 0.15) is 10.6 Å². The van der Waals surface area contributed by atoms with Gasteiger partial charge in [-0.1, -0.05) is 88.4 Å². The molecule has 0 fully saturated rings. The zero-order valence-corrected chi connectivity index (χ0v) is 25.0. The largest absolute Gasteiger partial charge is 0.487 e. The number of rotatable bonds is 9. The second-order valence-corrected chi connectivity index (χ2v) is 13.6. The fraction of sp³-hybridized carbons (Fsp3) is 0.300. The lowest BCUT2D eigenvalue weighted by atomic mass is 9.88. The third-order valence-corrected chi connectivity index (χ3v) is 9.09. The summed E-state index contributed by atoms with van der Waals surface area (Å²) in [4.78, 5) is 4.60. The van der Waals surface area contributed by atoms with Gasteiger partial charge in [0.2, 0.25) is 0 Å². The Morgan fingerprint density at radius 3 is 2.39 bits per heavy atom. The van der Waals surface area contributed by atoms with Crippen LogP contribution in [0.2, 0.25) is 0 Å². The van der Waals surface area contributed by atoms with Crippen LogP contribution in [0.4, 0.5) is 24.0 Å². The van der Waals surface area contributed by atoms with Crippen LogP contribution in [-0.4, -0.2) is 25.9 Å². The Hall–Kier alpha value is -3.57. The highest BCUT2D eigenvalue weighted by Crippen LogP contribution is 2.43. The van der Waals surface area contributed by atoms with Crippen LogP contribution < -0.4 is 15.2 Å². The fourth-order valence-electron chi connectivity index (χ4n) is 3.98. The van der Waals surface area contributed by atoms with Gasteiger partial charge in [0.15, 0.2) is 17.6 Å². The van der Waals surface area contributed by atoms with E-state index in [9.17, 15) is 21.6 Å². The molecule has 0 saturated heterocycles. The minimum absolute atomic E-state index is 0.000899. The predicted octanol–water partition coefficient (Wildman–Crippen LogP) is 8.18. The molecule has 0 amide bonds. The monoisotopic (exact) mass is 603 g/mol.